The first-order valence-corrected chi connectivity index (χ1v) is 11.9. The number of hydrogen-bond donors (Lipinski definition) is 5. The van der Waals surface area contributed by atoms with Gasteiger partial charge in [-0.05, 0) is 39.5 Å². The summed E-state index contributed by atoms with van der Waals surface area (Å²) in [5.74, 6) is -7.75. The van der Waals surface area contributed by atoms with E-state index in [-0.39, 0.29) is 37.8 Å². The highest BCUT2D eigenvalue weighted by Gasteiger charge is 2.39. The predicted octanol–water partition coefficient (Wildman–Crippen LogP) is 0.310. The van der Waals surface area contributed by atoms with Gasteiger partial charge in [-0.1, -0.05) is 20.3 Å². The fourth-order valence-corrected chi connectivity index (χ4v) is 3.85. The molecule has 4 atom stereocenters. The molecule has 204 valence electrons. The van der Waals surface area contributed by atoms with Crippen LogP contribution in [0, 0.1) is 17.8 Å². The monoisotopic (exact) mass is 514 g/mol. The van der Waals surface area contributed by atoms with E-state index in [2.05, 4.69) is 10.6 Å². The number of rotatable bonds is 11. The zero-order valence-corrected chi connectivity index (χ0v) is 21.4. The molecule has 13 nitrogen and oxygen atoms in total. The normalized spacial score (nSPS) is 17.8. The molecule has 0 aromatic heterocycles. The van der Waals surface area contributed by atoms with Crippen LogP contribution in [0.1, 0.15) is 60.3 Å². The van der Waals surface area contributed by atoms with Crippen LogP contribution in [0.4, 0.5) is 4.79 Å². The van der Waals surface area contributed by atoms with Crippen LogP contribution in [0.2, 0.25) is 0 Å². The summed E-state index contributed by atoms with van der Waals surface area (Å²) in [5.41, 5.74) is 4.29. The zero-order valence-electron chi connectivity index (χ0n) is 21.4. The van der Waals surface area contributed by atoms with Crippen LogP contribution in [0.15, 0.2) is 0 Å². The maximum atomic E-state index is 13.2. The zero-order chi connectivity index (χ0) is 27.8. The SMILES string of the molecule is CCC(C)[C@H](NC(=O)OC(C)(C)C)C(=O)N1CCC(C(=O)N[C@H](C(=O)O)C(CC(N)=O)C(=O)O)CC1. The lowest BCUT2D eigenvalue weighted by Crippen LogP contribution is -2.55. The fourth-order valence-electron chi connectivity index (χ4n) is 3.85. The van der Waals surface area contributed by atoms with Gasteiger partial charge in [-0.2, -0.15) is 0 Å². The predicted molar refractivity (Wildman–Crippen MR) is 126 cm³/mol. The molecular weight excluding hydrogens is 476 g/mol. The molecule has 0 aromatic carbocycles. The number of nitrogens with two attached hydrogens (primary N) is 1. The van der Waals surface area contributed by atoms with Gasteiger partial charge in [-0.15, -0.1) is 0 Å². The van der Waals surface area contributed by atoms with Gasteiger partial charge in [0.25, 0.3) is 0 Å². The van der Waals surface area contributed by atoms with E-state index >= 15 is 0 Å². The fraction of sp³-hybridized carbons (Fsp3) is 0.739. The molecule has 0 radical (unpaired) electrons. The first-order chi connectivity index (χ1) is 16.6. The number of aliphatic carboxylic acids is 2. The summed E-state index contributed by atoms with van der Waals surface area (Å²) in [4.78, 5) is 73.9. The second kappa shape index (κ2) is 13.1. The van der Waals surface area contributed by atoms with Crippen LogP contribution in [0.5, 0.6) is 0 Å². The summed E-state index contributed by atoms with van der Waals surface area (Å²) < 4.78 is 5.27. The number of hydrogen-bond acceptors (Lipinski definition) is 7. The Balaban J connectivity index is 2.84. The van der Waals surface area contributed by atoms with Gasteiger partial charge in [0.15, 0.2) is 0 Å². The number of amides is 4. The highest BCUT2D eigenvalue weighted by molar-refractivity contribution is 5.91. The molecule has 0 aliphatic carbocycles. The summed E-state index contributed by atoms with van der Waals surface area (Å²) in [7, 11) is 0. The lowest BCUT2D eigenvalue weighted by molar-refractivity contribution is -0.153. The minimum Gasteiger partial charge on any atom is -0.481 e. The van der Waals surface area contributed by atoms with Gasteiger partial charge < -0.3 is 36.2 Å². The minimum atomic E-state index is -1.84. The Morgan fingerprint density at radius 1 is 1.00 bits per heavy atom. The second-order valence-electron chi connectivity index (χ2n) is 10.0. The lowest BCUT2D eigenvalue weighted by Gasteiger charge is -2.36. The third kappa shape index (κ3) is 9.34. The van der Waals surface area contributed by atoms with Gasteiger partial charge >= 0.3 is 18.0 Å². The largest absolute Gasteiger partial charge is 0.481 e. The molecule has 36 heavy (non-hydrogen) atoms. The van der Waals surface area contributed by atoms with E-state index in [4.69, 9.17) is 10.5 Å². The number of alkyl carbamates (subject to hydrolysis) is 1. The Hall–Kier alpha value is -3.38. The van der Waals surface area contributed by atoms with Gasteiger partial charge in [-0.25, -0.2) is 9.59 Å². The minimum absolute atomic E-state index is 0.180. The van der Waals surface area contributed by atoms with E-state index in [1.54, 1.807) is 20.8 Å². The van der Waals surface area contributed by atoms with Gasteiger partial charge in [0.1, 0.15) is 17.7 Å². The molecule has 1 aliphatic heterocycles. The van der Waals surface area contributed by atoms with Crippen LogP contribution in [-0.4, -0.2) is 81.6 Å². The molecule has 1 fully saturated rings. The number of ether oxygens (including phenoxy) is 1. The van der Waals surface area contributed by atoms with Gasteiger partial charge in [0.2, 0.25) is 17.7 Å². The van der Waals surface area contributed by atoms with E-state index in [0.717, 1.165) is 0 Å². The van der Waals surface area contributed by atoms with Crippen LogP contribution < -0.4 is 16.4 Å². The number of piperidine rings is 1. The number of primary amides is 1. The highest BCUT2D eigenvalue weighted by atomic mass is 16.6. The van der Waals surface area contributed by atoms with Crippen LogP contribution in [0.3, 0.4) is 0 Å². The molecule has 1 heterocycles. The maximum absolute atomic E-state index is 13.2. The molecule has 0 aromatic rings. The quantitative estimate of drug-likeness (QED) is 0.257. The van der Waals surface area contributed by atoms with Crippen molar-refractivity contribution < 1.29 is 43.7 Å². The Bertz CT molecular complexity index is 847. The maximum Gasteiger partial charge on any atom is 0.408 e. The molecule has 6 N–H and O–H groups in total. The van der Waals surface area contributed by atoms with Crippen LogP contribution >= 0.6 is 0 Å². The van der Waals surface area contributed by atoms with Crippen LogP contribution in [0.25, 0.3) is 0 Å². The van der Waals surface area contributed by atoms with Crippen molar-refractivity contribution in [2.45, 2.75) is 78.0 Å². The summed E-state index contributed by atoms with van der Waals surface area (Å²) in [6, 6.07) is -2.66. The molecule has 0 spiro atoms. The van der Waals surface area contributed by atoms with Gasteiger partial charge in [-0.3, -0.25) is 19.2 Å². The molecule has 1 saturated heterocycles. The molecule has 1 rings (SSSR count). The van der Waals surface area contributed by atoms with Crippen molar-refractivity contribution in [2.75, 3.05) is 13.1 Å². The summed E-state index contributed by atoms with van der Waals surface area (Å²) >= 11 is 0. The number of carboxylic acids is 2. The summed E-state index contributed by atoms with van der Waals surface area (Å²) in [6.45, 7) is 9.22. The number of nitrogens with zero attached hydrogens (tertiary/aromatic N) is 1. The Morgan fingerprint density at radius 3 is 1.97 bits per heavy atom. The number of carboxylic acid groups (broad SMARTS) is 2. The molecule has 1 aliphatic rings. The van der Waals surface area contributed by atoms with Crippen molar-refractivity contribution in [3.05, 3.63) is 0 Å². The second-order valence-corrected chi connectivity index (χ2v) is 10.0. The molecule has 4 amide bonds. The van der Waals surface area contributed by atoms with Crippen molar-refractivity contribution in [2.24, 2.45) is 23.5 Å². The summed E-state index contributed by atoms with van der Waals surface area (Å²) in [6.07, 6.45) is -0.424. The smallest absolute Gasteiger partial charge is 0.408 e. The van der Waals surface area contributed by atoms with Crippen molar-refractivity contribution in [1.29, 1.82) is 0 Å². The third-order valence-corrected chi connectivity index (χ3v) is 6.03. The number of nitrogens with one attached hydrogen (secondary N) is 2. The topological polar surface area (TPSA) is 205 Å². The lowest BCUT2D eigenvalue weighted by atomic mass is 9.91. The molecule has 13 heteroatoms. The number of likely N-dealkylation sites (tertiary alicyclic amines) is 1. The molecule has 0 bridgehead atoms. The first-order valence-electron chi connectivity index (χ1n) is 11.9. The van der Waals surface area contributed by atoms with E-state index in [1.807, 2.05) is 13.8 Å². The number of carbonyl (C=O) groups excluding carboxylic acids is 4. The van der Waals surface area contributed by atoms with E-state index in [9.17, 15) is 39.0 Å². The molecule has 2 unspecified atom stereocenters. The Morgan fingerprint density at radius 2 is 1.56 bits per heavy atom. The van der Waals surface area contributed by atoms with E-state index in [1.165, 1.54) is 4.90 Å². The van der Waals surface area contributed by atoms with Gasteiger partial charge in [0.05, 0.1) is 5.92 Å². The highest BCUT2D eigenvalue weighted by Crippen LogP contribution is 2.22. The van der Waals surface area contributed by atoms with Gasteiger partial charge in [0, 0.05) is 25.4 Å². The van der Waals surface area contributed by atoms with Crippen LogP contribution in [-0.2, 0) is 28.7 Å². The standard InChI is InChI=1S/C23H38N4O9/c1-6-12(2)16(26-22(35)36-23(3,4)5)19(30)27-9-7-13(8-10-27)18(29)25-17(21(33)34)14(20(31)32)11-15(24)28/h12-14,16-17H,6-11H2,1-5H3,(H2,24,28)(H,25,29)(H,26,35)(H,31,32)(H,33,34)/t12?,14?,16-,17-/m0/s1. The average molecular weight is 515 g/mol. The first kappa shape index (κ1) is 30.7. The molecular formula is C23H38N4O9. The molecule has 0 saturated carbocycles. The Labute approximate surface area is 210 Å². The van der Waals surface area contributed by atoms with Crippen molar-refractivity contribution in [1.82, 2.24) is 15.5 Å². The van der Waals surface area contributed by atoms with E-state index in [0.29, 0.717) is 6.42 Å². The summed E-state index contributed by atoms with van der Waals surface area (Å²) in [5, 5.41) is 23.6. The Kier molecular flexibility index (Phi) is 11.1. The number of carbonyl (C=O) groups is 6. The third-order valence-electron chi connectivity index (χ3n) is 6.03. The van der Waals surface area contributed by atoms with Crippen molar-refractivity contribution in [3.63, 3.8) is 0 Å². The van der Waals surface area contributed by atoms with Crippen molar-refractivity contribution >= 4 is 35.8 Å². The van der Waals surface area contributed by atoms with Crippen molar-refractivity contribution in [3.8, 4) is 0 Å². The average Bonchev–Trinajstić information content (AvgIpc) is 2.77. The van der Waals surface area contributed by atoms with E-state index < -0.39 is 65.8 Å².